The Balaban J connectivity index is 2.00. The summed E-state index contributed by atoms with van der Waals surface area (Å²) in [6.45, 7) is 10.2. The van der Waals surface area contributed by atoms with Crippen molar-refractivity contribution < 1.29 is 0 Å². The van der Waals surface area contributed by atoms with Gasteiger partial charge in [0.05, 0.1) is 0 Å². The van der Waals surface area contributed by atoms with Crippen molar-refractivity contribution in [3.63, 3.8) is 0 Å². The predicted molar refractivity (Wildman–Crippen MR) is 74.4 cm³/mol. The number of aryl methyl sites for hydroxylation is 1. The molecule has 1 heterocycles. The van der Waals surface area contributed by atoms with Crippen molar-refractivity contribution in [3.05, 3.63) is 36.2 Å². The van der Waals surface area contributed by atoms with Crippen LogP contribution in [0.2, 0.25) is 0 Å². The van der Waals surface area contributed by atoms with Crippen LogP contribution in [0.5, 0.6) is 0 Å². The number of hydrogen-bond acceptors (Lipinski definition) is 2. The molecule has 93 valence electrons. The van der Waals surface area contributed by atoms with Crippen molar-refractivity contribution in [2.24, 2.45) is 0 Å². The van der Waals surface area contributed by atoms with Crippen molar-refractivity contribution in [1.82, 2.24) is 4.90 Å². The van der Waals surface area contributed by atoms with Gasteiger partial charge in [-0.3, -0.25) is 4.90 Å². The van der Waals surface area contributed by atoms with Gasteiger partial charge in [0.15, 0.2) is 0 Å². The normalized spacial score (nSPS) is 17.4. The van der Waals surface area contributed by atoms with Gasteiger partial charge >= 0.3 is 0 Å². The van der Waals surface area contributed by atoms with Crippen LogP contribution in [-0.2, 0) is 6.42 Å². The largest absolute Gasteiger partial charge is 0.369 e. The fourth-order valence-electron chi connectivity index (χ4n) is 2.55. The molecular formula is C15H23N2. The van der Waals surface area contributed by atoms with Crippen molar-refractivity contribution in [2.75, 3.05) is 37.6 Å². The highest BCUT2D eigenvalue weighted by Gasteiger charge is 2.17. The van der Waals surface area contributed by atoms with Gasteiger partial charge < -0.3 is 4.90 Å². The Morgan fingerprint density at radius 2 is 1.82 bits per heavy atom. The van der Waals surface area contributed by atoms with Crippen LogP contribution in [0.15, 0.2) is 24.3 Å². The van der Waals surface area contributed by atoms with E-state index in [9.17, 15) is 0 Å². The molecule has 1 radical (unpaired) electrons. The summed E-state index contributed by atoms with van der Waals surface area (Å²) in [5.41, 5.74) is 2.91. The number of hydrogen-bond donors (Lipinski definition) is 0. The number of rotatable bonds is 4. The molecule has 0 aromatic heterocycles. The Morgan fingerprint density at radius 3 is 2.47 bits per heavy atom. The van der Waals surface area contributed by atoms with Crippen molar-refractivity contribution >= 4 is 5.69 Å². The van der Waals surface area contributed by atoms with E-state index in [0.29, 0.717) is 0 Å². The number of anilines is 1. The molecule has 2 rings (SSSR count). The molecule has 1 fully saturated rings. The summed E-state index contributed by atoms with van der Waals surface area (Å²) in [6, 6.07) is 8.81. The topological polar surface area (TPSA) is 6.48 Å². The zero-order valence-electron chi connectivity index (χ0n) is 11.0. The third-order valence-electron chi connectivity index (χ3n) is 3.53. The molecule has 1 aliphatic heterocycles. The van der Waals surface area contributed by atoms with Crippen molar-refractivity contribution in [3.8, 4) is 0 Å². The lowest BCUT2D eigenvalue weighted by Gasteiger charge is -2.36. The Kier molecular flexibility index (Phi) is 4.43. The van der Waals surface area contributed by atoms with E-state index in [4.69, 9.17) is 0 Å². The third-order valence-corrected chi connectivity index (χ3v) is 3.53. The Hall–Kier alpha value is -1.02. The first kappa shape index (κ1) is 12.4. The monoisotopic (exact) mass is 231 g/mol. The molecule has 0 unspecified atom stereocenters. The van der Waals surface area contributed by atoms with Gasteiger partial charge in [-0.1, -0.05) is 32.0 Å². The van der Waals surface area contributed by atoms with E-state index in [-0.39, 0.29) is 0 Å². The van der Waals surface area contributed by atoms with Crippen LogP contribution < -0.4 is 4.90 Å². The summed E-state index contributed by atoms with van der Waals surface area (Å²) in [4.78, 5) is 5.05. The van der Waals surface area contributed by atoms with Gasteiger partial charge in [-0.05, 0) is 24.5 Å². The predicted octanol–water partition coefficient (Wildman–Crippen LogP) is 2.60. The van der Waals surface area contributed by atoms with Gasteiger partial charge in [0, 0.05) is 38.4 Å². The molecule has 0 aliphatic carbocycles. The second kappa shape index (κ2) is 6.06. The summed E-state index contributed by atoms with van der Waals surface area (Å²) in [5, 5.41) is 0. The number of piperazine rings is 1. The first-order valence-corrected chi connectivity index (χ1v) is 6.68. The van der Waals surface area contributed by atoms with Crippen LogP contribution in [0.25, 0.3) is 0 Å². The zero-order valence-corrected chi connectivity index (χ0v) is 11.0. The highest BCUT2D eigenvalue weighted by Crippen LogP contribution is 2.22. The summed E-state index contributed by atoms with van der Waals surface area (Å²) in [5.74, 6) is 0. The quantitative estimate of drug-likeness (QED) is 0.786. The molecule has 0 bridgehead atoms. The Labute approximate surface area is 105 Å². The number of para-hydroxylation sites is 1. The molecule has 1 aliphatic rings. The molecule has 0 atom stereocenters. The maximum atomic E-state index is 2.53. The summed E-state index contributed by atoms with van der Waals surface area (Å²) < 4.78 is 0. The number of nitrogens with zero attached hydrogens (tertiary/aromatic N) is 2. The molecule has 0 saturated carbocycles. The van der Waals surface area contributed by atoms with E-state index >= 15 is 0 Å². The van der Waals surface area contributed by atoms with Gasteiger partial charge in [0.2, 0.25) is 0 Å². The van der Waals surface area contributed by atoms with Gasteiger partial charge in [0.1, 0.15) is 0 Å². The molecule has 1 saturated heterocycles. The van der Waals surface area contributed by atoms with Crippen molar-refractivity contribution in [1.29, 1.82) is 0 Å². The van der Waals surface area contributed by atoms with Crippen LogP contribution in [0.3, 0.4) is 0 Å². The fourth-order valence-corrected chi connectivity index (χ4v) is 2.55. The van der Waals surface area contributed by atoms with E-state index < -0.39 is 0 Å². The summed E-state index contributed by atoms with van der Waals surface area (Å²) in [7, 11) is 0. The van der Waals surface area contributed by atoms with Gasteiger partial charge in [0.25, 0.3) is 0 Å². The molecule has 2 heteroatoms. The number of benzene rings is 1. The van der Waals surface area contributed by atoms with Crippen LogP contribution >= 0.6 is 0 Å². The molecule has 0 spiro atoms. The van der Waals surface area contributed by atoms with Crippen molar-refractivity contribution in [2.45, 2.75) is 20.3 Å². The first-order valence-electron chi connectivity index (χ1n) is 6.68. The highest BCUT2D eigenvalue weighted by atomic mass is 15.3. The minimum Gasteiger partial charge on any atom is -0.369 e. The molecule has 2 nitrogen and oxygen atoms in total. The van der Waals surface area contributed by atoms with Gasteiger partial charge in [-0.25, -0.2) is 0 Å². The van der Waals surface area contributed by atoms with E-state index in [0.717, 1.165) is 26.1 Å². The van der Waals surface area contributed by atoms with E-state index in [1.54, 1.807) is 0 Å². The lowest BCUT2D eigenvalue weighted by atomic mass is 10.1. The Bertz CT molecular complexity index is 341. The standard InChI is InChI=1S/C15H23N2/c1-3-9-16-10-12-17(13-11-16)15-8-6-5-7-14(15)4-2/h3,5-8H,4,9-13H2,1-2H3. The van der Waals surface area contributed by atoms with Gasteiger partial charge in [-0.2, -0.15) is 0 Å². The minimum atomic E-state index is 1.12. The molecule has 1 aromatic carbocycles. The lowest BCUT2D eigenvalue weighted by Crippen LogP contribution is -2.46. The second-order valence-electron chi connectivity index (χ2n) is 4.68. The average Bonchev–Trinajstić information content (AvgIpc) is 2.40. The molecule has 17 heavy (non-hydrogen) atoms. The smallest absolute Gasteiger partial charge is 0.0399 e. The van der Waals surface area contributed by atoms with E-state index in [1.807, 2.05) is 0 Å². The lowest BCUT2D eigenvalue weighted by molar-refractivity contribution is 0.276. The fraction of sp³-hybridized carbons (Fsp3) is 0.533. The first-order chi connectivity index (χ1) is 8.35. The van der Waals surface area contributed by atoms with E-state index in [1.165, 1.54) is 24.3 Å². The molecule has 0 N–H and O–H groups in total. The second-order valence-corrected chi connectivity index (χ2v) is 4.68. The highest BCUT2D eigenvalue weighted by molar-refractivity contribution is 5.54. The maximum absolute atomic E-state index is 2.53. The summed E-state index contributed by atoms with van der Waals surface area (Å²) in [6.07, 6.45) is 3.37. The average molecular weight is 231 g/mol. The summed E-state index contributed by atoms with van der Waals surface area (Å²) >= 11 is 0. The Morgan fingerprint density at radius 1 is 1.12 bits per heavy atom. The minimum absolute atomic E-state index is 1.12. The van der Waals surface area contributed by atoms with E-state index in [2.05, 4.69) is 54.3 Å². The van der Waals surface area contributed by atoms with Crippen LogP contribution in [-0.4, -0.2) is 37.6 Å². The SMILES string of the molecule is C[CH]CN1CCN(c2ccccc2CC)CC1. The third kappa shape index (κ3) is 3.01. The molecule has 1 aromatic rings. The van der Waals surface area contributed by atoms with Crippen LogP contribution in [0, 0.1) is 6.42 Å². The maximum Gasteiger partial charge on any atom is 0.0399 e. The van der Waals surface area contributed by atoms with Crippen LogP contribution in [0.1, 0.15) is 19.4 Å². The molecule has 0 amide bonds. The van der Waals surface area contributed by atoms with Crippen LogP contribution in [0.4, 0.5) is 5.69 Å². The molecular weight excluding hydrogens is 208 g/mol. The zero-order chi connectivity index (χ0) is 12.1. The van der Waals surface area contributed by atoms with Gasteiger partial charge in [-0.15, -0.1) is 0 Å².